The van der Waals surface area contributed by atoms with Crippen LogP contribution in [0.5, 0.6) is 0 Å². The van der Waals surface area contributed by atoms with E-state index in [1.165, 1.54) is 40.2 Å². The molecule has 12 nitrogen and oxygen atoms in total. The summed E-state index contributed by atoms with van der Waals surface area (Å²) in [6.45, 7) is 0.248. The highest BCUT2D eigenvalue weighted by molar-refractivity contribution is 8.01. The summed E-state index contributed by atoms with van der Waals surface area (Å²) in [4.78, 5) is 64.2. The van der Waals surface area contributed by atoms with Gasteiger partial charge in [0.25, 0.3) is 11.8 Å². The van der Waals surface area contributed by atoms with E-state index in [0.29, 0.717) is 45.0 Å². The van der Waals surface area contributed by atoms with Crippen molar-refractivity contribution in [1.82, 2.24) is 15.5 Å². The number of carbonyl (C=O) groups is 5. The van der Waals surface area contributed by atoms with Crippen molar-refractivity contribution >= 4 is 88.1 Å². The van der Waals surface area contributed by atoms with Gasteiger partial charge in [-0.3, -0.25) is 19.3 Å². The lowest BCUT2D eigenvalue weighted by molar-refractivity contribution is -0.684. The van der Waals surface area contributed by atoms with E-state index < -0.39 is 41.2 Å². The Bertz CT molecular complexity index is 1510. The second kappa shape index (κ2) is 16.1. The number of nitrogens with zero attached hydrogens (tertiary/aromatic N) is 2. The number of β-lactam (4-membered cyclic amide) rings is 1. The number of fused-ring (bicyclic) bond motifs is 1. The minimum atomic E-state index is -1.22. The molecule has 1 aromatic carbocycles. The first-order valence-corrected chi connectivity index (χ1v) is 17.4. The fourth-order valence-electron chi connectivity index (χ4n) is 4.54. The maximum Gasteiger partial charge on any atom is 0.352 e. The molecule has 2 aliphatic rings. The van der Waals surface area contributed by atoms with Crippen LogP contribution in [0.25, 0.3) is 0 Å². The van der Waals surface area contributed by atoms with Crippen molar-refractivity contribution < 1.29 is 38.8 Å². The number of carbonyl (C=O) groups excluding carboxylic acids is 3. The molecule has 0 aliphatic carbocycles. The Hall–Kier alpha value is -2.95. The number of thioether (sulfide) groups is 3. The summed E-state index contributed by atoms with van der Waals surface area (Å²) in [7, 11) is 0. The predicted molar refractivity (Wildman–Crippen MR) is 172 cm³/mol. The average Bonchev–Trinajstić information content (AvgIpc) is 3.01. The Labute approximate surface area is 281 Å². The molecule has 17 heteroatoms. The smallest absolute Gasteiger partial charge is 0.352 e. The van der Waals surface area contributed by atoms with Crippen LogP contribution in [0.1, 0.15) is 12.8 Å². The third-order valence-corrected chi connectivity index (χ3v) is 10.9. The molecule has 4 rings (SSSR count). The number of amides is 3. The lowest BCUT2D eigenvalue weighted by Crippen LogP contribution is -2.70. The van der Waals surface area contributed by atoms with E-state index in [0.717, 1.165) is 4.90 Å². The number of benzene rings is 1. The molecule has 0 spiro atoms. The molecule has 3 atom stereocenters. The van der Waals surface area contributed by atoms with Crippen LogP contribution in [0, 0.1) is 0 Å². The predicted octanol–water partition coefficient (Wildman–Crippen LogP) is 2.21. The van der Waals surface area contributed by atoms with Gasteiger partial charge in [-0.05, 0) is 43.2 Å². The molecular weight excluding hydrogens is 685 g/mol. The molecule has 0 radical (unpaired) electrons. The first kappa shape index (κ1) is 34.9. The van der Waals surface area contributed by atoms with Gasteiger partial charge in [0, 0.05) is 38.5 Å². The summed E-state index contributed by atoms with van der Waals surface area (Å²) in [5.41, 5.74) is 5.93. The van der Waals surface area contributed by atoms with Gasteiger partial charge in [0.05, 0.1) is 10.8 Å². The van der Waals surface area contributed by atoms with Crippen LogP contribution < -0.4 is 20.9 Å². The van der Waals surface area contributed by atoms with Crippen molar-refractivity contribution in [2.24, 2.45) is 5.73 Å². The molecule has 3 amide bonds. The van der Waals surface area contributed by atoms with Gasteiger partial charge in [0.15, 0.2) is 12.4 Å². The molecule has 240 valence electrons. The number of carboxylic acid groups (broad SMARTS) is 2. The highest BCUT2D eigenvalue weighted by Crippen LogP contribution is 2.41. The van der Waals surface area contributed by atoms with Crippen molar-refractivity contribution in [2.45, 2.75) is 46.6 Å². The molecule has 1 fully saturated rings. The molecule has 45 heavy (non-hydrogen) atoms. The molecule has 6 N–H and O–H groups in total. The molecule has 0 unspecified atom stereocenters. The second-order valence-corrected chi connectivity index (χ2v) is 14.0. The average molecular weight is 716 g/mol. The summed E-state index contributed by atoms with van der Waals surface area (Å²) in [5, 5.41) is 24.9. The first-order valence-electron chi connectivity index (χ1n) is 13.6. The lowest BCUT2D eigenvalue weighted by Gasteiger charge is -2.49. The number of hydrogen-bond acceptors (Lipinski definition) is 9. The van der Waals surface area contributed by atoms with Gasteiger partial charge in [-0.1, -0.05) is 23.2 Å². The fourth-order valence-corrected chi connectivity index (χ4v) is 8.21. The minimum absolute atomic E-state index is 0.00411. The van der Waals surface area contributed by atoms with Crippen LogP contribution in [0.15, 0.2) is 63.8 Å². The van der Waals surface area contributed by atoms with E-state index in [9.17, 15) is 34.2 Å². The van der Waals surface area contributed by atoms with Gasteiger partial charge < -0.3 is 26.6 Å². The highest BCUT2D eigenvalue weighted by Gasteiger charge is 2.54. The van der Waals surface area contributed by atoms with Crippen molar-refractivity contribution in [1.29, 1.82) is 0 Å². The Kier molecular flexibility index (Phi) is 12.5. The van der Waals surface area contributed by atoms with E-state index in [2.05, 4.69) is 10.6 Å². The molecule has 0 bridgehead atoms. The highest BCUT2D eigenvalue weighted by atomic mass is 35.5. The summed E-state index contributed by atoms with van der Waals surface area (Å²) >= 11 is 16.1. The van der Waals surface area contributed by atoms with Crippen LogP contribution in [0.3, 0.4) is 0 Å². The number of aromatic nitrogens is 1. The summed E-state index contributed by atoms with van der Waals surface area (Å²) in [6.07, 6.45) is 4.05. The topological polar surface area (TPSA) is 183 Å². The number of carboxylic acids is 2. The SMILES string of the molecule is NCCC[C@H](NC(=O)C[n+]1ccc(SCC2=C(C(=O)O)N3C(=O)[C@H](NC(=O)CSc4cc(Cl)ccc4Cl)[C@H]3SC2)cc1)C(=O)O. The zero-order chi connectivity index (χ0) is 32.7. The van der Waals surface area contributed by atoms with Crippen molar-refractivity contribution in [3.8, 4) is 0 Å². The third kappa shape index (κ3) is 9.08. The normalized spacial score (nSPS) is 18.1. The van der Waals surface area contributed by atoms with E-state index in [4.69, 9.17) is 28.9 Å². The zero-order valence-electron chi connectivity index (χ0n) is 23.6. The van der Waals surface area contributed by atoms with Gasteiger partial charge >= 0.3 is 11.9 Å². The molecule has 1 saturated heterocycles. The van der Waals surface area contributed by atoms with E-state index >= 15 is 0 Å². The maximum absolute atomic E-state index is 13.0. The lowest BCUT2D eigenvalue weighted by atomic mass is 10.0. The largest absolute Gasteiger partial charge is 0.480 e. The Morgan fingerprint density at radius 3 is 2.51 bits per heavy atom. The first-order chi connectivity index (χ1) is 21.5. The number of halogens is 2. The van der Waals surface area contributed by atoms with Crippen LogP contribution in [0.2, 0.25) is 10.0 Å². The Morgan fingerprint density at radius 1 is 1.11 bits per heavy atom. The molecule has 0 saturated carbocycles. The summed E-state index contributed by atoms with van der Waals surface area (Å²) in [5.74, 6) is -2.98. The van der Waals surface area contributed by atoms with E-state index in [1.807, 2.05) is 0 Å². The van der Waals surface area contributed by atoms with Crippen LogP contribution >= 0.6 is 58.5 Å². The number of aliphatic carboxylic acids is 2. The Morgan fingerprint density at radius 2 is 1.84 bits per heavy atom. The van der Waals surface area contributed by atoms with Crippen molar-refractivity contribution in [3.63, 3.8) is 0 Å². The number of hydrogen-bond donors (Lipinski definition) is 5. The Balaban J connectivity index is 1.31. The number of pyridine rings is 1. The zero-order valence-corrected chi connectivity index (χ0v) is 27.6. The quantitative estimate of drug-likeness (QED) is 0.104. The molecule has 1 aromatic heterocycles. The second-order valence-electron chi connectivity index (χ2n) is 9.96. The maximum atomic E-state index is 13.0. The number of nitrogens with one attached hydrogen (secondary N) is 2. The molecular formula is C28H30Cl2N5O7S3+. The standard InChI is InChI=1S/C28H29Cl2N5O7S3/c29-16-3-4-18(30)20(10-16)44-14-22(37)33-23-25(38)35-24(28(41)42)15(13-45-26(23)35)12-43-17-5-8-34(9-6-17)11-21(36)32-19(27(39)40)2-1-7-31/h3-6,8-10,19,23,26H,1-2,7,11-14,31H2,(H3-,32,33,36,37,39,40,41,42)/p+1/t19-,23-,26+/m0/s1. The number of nitrogens with two attached hydrogens (primary N) is 1. The van der Waals surface area contributed by atoms with Gasteiger partial charge in [-0.15, -0.1) is 35.3 Å². The van der Waals surface area contributed by atoms with Crippen LogP contribution in [-0.2, 0) is 30.5 Å². The van der Waals surface area contributed by atoms with Crippen LogP contribution in [0.4, 0.5) is 0 Å². The van der Waals surface area contributed by atoms with Crippen molar-refractivity contribution in [2.75, 3.05) is 23.8 Å². The summed E-state index contributed by atoms with van der Waals surface area (Å²) in [6, 6.07) is 6.59. The summed E-state index contributed by atoms with van der Waals surface area (Å²) < 4.78 is 1.60. The van der Waals surface area contributed by atoms with Gasteiger partial charge in [-0.25, -0.2) is 9.59 Å². The number of rotatable bonds is 15. The molecule has 3 heterocycles. The van der Waals surface area contributed by atoms with E-state index in [-0.39, 0.29) is 30.3 Å². The third-order valence-electron chi connectivity index (χ3n) is 6.75. The van der Waals surface area contributed by atoms with Crippen molar-refractivity contribution in [3.05, 3.63) is 64.0 Å². The van der Waals surface area contributed by atoms with Gasteiger partial charge in [0.2, 0.25) is 12.5 Å². The fraction of sp³-hybridized carbons (Fsp3) is 0.357. The molecule has 2 aliphatic heterocycles. The van der Waals surface area contributed by atoms with E-state index in [1.54, 1.807) is 47.3 Å². The monoisotopic (exact) mass is 714 g/mol. The minimum Gasteiger partial charge on any atom is -0.480 e. The van der Waals surface area contributed by atoms with Gasteiger partial charge in [0.1, 0.15) is 23.2 Å². The van der Waals surface area contributed by atoms with Gasteiger partial charge in [-0.2, -0.15) is 4.57 Å². The molecule has 2 aromatic rings. The van der Waals surface area contributed by atoms with Crippen LogP contribution in [-0.4, -0.2) is 86.0 Å².